The zero-order valence-electron chi connectivity index (χ0n) is 22.3. The molecule has 8 nitrogen and oxygen atoms in total. The largest absolute Gasteiger partial charge is 0.442 e. The topological polar surface area (TPSA) is 92.7 Å². The highest BCUT2D eigenvalue weighted by Crippen LogP contribution is 2.46. The lowest BCUT2D eigenvalue weighted by Crippen LogP contribution is -2.33. The normalized spacial score (nSPS) is 29.1. The van der Waals surface area contributed by atoms with Crippen LogP contribution in [0, 0.1) is 6.92 Å². The molecule has 11 heteroatoms. The maximum atomic E-state index is 12.6. The second-order valence-corrected chi connectivity index (χ2v) is 13.0. The number of nitrogens with zero attached hydrogens (tertiary/aromatic N) is 5. The molecule has 0 spiro atoms. The smallest absolute Gasteiger partial charge is 0.299 e. The van der Waals surface area contributed by atoms with Crippen LogP contribution in [0.2, 0.25) is 0 Å². The number of rotatable bonds is 7. The van der Waals surface area contributed by atoms with E-state index in [1.54, 1.807) is 49.3 Å². The molecule has 0 radical (unpaired) electrons. The van der Waals surface area contributed by atoms with E-state index in [9.17, 15) is 4.79 Å². The molecule has 1 aromatic heterocycles. The predicted octanol–water partition coefficient (Wildman–Crippen LogP) is 5.50. The second-order valence-electron chi connectivity index (χ2n) is 10.1. The summed E-state index contributed by atoms with van der Waals surface area (Å²) in [5.41, 5.74) is -0.0678. The summed E-state index contributed by atoms with van der Waals surface area (Å²) in [4.78, 5) is 37.5. The maximum Gasteiger partial charge on any atom is 0.299 e. The Balaban J connectivity index is 1.35. The molecule has 0 fully saturated rings. The minimum Gasteiger partial charge on any atom is -0.442 e. The lowest BCUT2D eigenvalue weighted by Gasteiger charge is -2.21. The van der Waals surface area contributed by atoms with Gasteiger partial charge in [0.15, 0.2) is 5.69 Å². The van der Waals surface area contributed by atoms with E-state index in [2.05, 4.69) is 43.1 Å². The summed E-state index contributed by atoms with van der Waals surface area (Å²) >= 11 is 5.22. The fourth-order valence-corrected chi connectivity index (χ4v) is 8.13. The zero-order chi connectivity index (χ0) is 27.1. The molecular weight excluding hydrogens is 539 g/mol. The molecule has 200 valence electrons. The van der Waals surface area contributed by atoms with E-state index in [1.165, 1.54) is 7.11 Å². The molecule has 0 bridgehead atoms. The molecule has 0 saturated carbocycles. The van der Waals surface area contributed by atoms with Crippen molar-refractivity contribution in [1.29, 1.82) is 0 Å². The average Bonchev–Trinajstić information content (AvgIpc) is 3.69. The molecule has 0 N–H and O–H groups in total. The first-order valence-electron chi connectivity index (χ1n) is 12.3. The number of amides is 1. The van der Waals surface area contributed by atoms with Gasteiger partial charge in [-0.05, 0) is 39.3 Å². The van der Waals surface area contributed by atoms with Crippen LogP contribution in [0.3, 0.4) is 0 Å². The van der Waals surface area contributed by atoms with E-state index in [0.717, 1.165) is 37.3 Å². The Morgan fingerprint density at radius 2 is 1.55 bits per heavy atom. The van der Waals surface area contributed by atoms with Crippen LogP contribution in [0.5, 0.6) is 0 Å². The molecule has 3 aliphatic heterocycles. The number of hydrogen-bond acceptors (Lipinski definition) is 10. The Kier molecular flexibility index (Phi) is 7.40. The van der Waals surface area contributed by atoms with Crippen LogP contribution in [0.1, 0.15) is 48.5 Å². The van der Waals surface area contributed by atoms with Gasteiger partial charge in [0, 0.05) is 24.3 Å². The average molecular weight is 570 g/mol. The Morgan fingerprint density at radius 3 is 2.24 bits per heavy atom. The molecule has 0 saturated heterocycles. The minimum absolute atomic E-state index is 0.240. The molecule has 3 atom stereocenters. The van der Waals surface area contributed by atoms with E-state index in [4.69, 9.17) is 24.2 Å². The molecular formula is C27H31N5O3S3. The van der Waals surface area contributed by atoms with Gasteiger partial charge in [0.2, 0.25) is 5.89 Å². The summed E-state index contributed by atoms with van der Waals surface area (Å²) in [6.45, 7) is 8.03. The van der Waals surface area contributed by atoms with Gasteiger partial charge in [0.25, 0.3) is 5.91 Å². The van der Waals surface area contributed by atoms with Crippen LogP contribution in [0.25, 0.3) is 6.08 Å². The van der Waals surface area contributed by atoms with Gasteiger partial charge in [-0.15, -0.1) is 35.3 Å². The van der Waals surface area contributed by atoms with Gasteiger partial charge in [-0.3, -0.25) is 24.6 Å². The highest BCUT2D eigenvalue weighted by atomic mass is 32.2. The summed E-state index contributed by atoms with van der Waals surface area (Å²) < 4.78 is 5.94. The van der Waals surface area contributed by atoms with Crippen LogP contribution < -0.4 is 0 Å². The molecule has 2 aromatic rings. The third-order valence-electron chi connectivity index (χ3n) is 6.69. The van der Waals surface area contributed by atoms with Crippen molar-refractivity contribution >= 4 is 62.4 Å². The minimum atomic E-state index is -0.679. The second kappa shape index (κ2) is 10.3. The summed E-state index contributed by atoms with van der Waals surface area (Å²) in [5.74, 6) is 2.87. The van der Waals surface area contributed by atoms with Gasteiger partial charge >= 0.3 is 0 Å². The van der Waals surface area contributed by atoms with Crippen molar-refractivity contribution in [2.24, 2.45) is 15.0 Å². The van der Waals surface area contributed by atoms with E-state index < -0.39 is 11.1 Å². The summed E-state index contributed by atoms with van der Waals surface area (Å²) in [6.07, 6.45) is 4.20. The number of benzene rings is 1. The van der Waals surface area contributed by atoms with Gasteiger partial charge in [-0.25, -0.2) is 10.0 Å². The molecule has 3 aliphatic rings. The van der Waals surface area contributed by atoms with Crippen molar-refractivity contribution in [3.63, 3.8) is 0 Å². The molecule has 5 rings (SSSR count). The van der Waals surface area contributed by atoms with Crippen molar-refractivity contribution in [1.82, 2.24) is 10.0 Å². The Hall–Kier alpha value is -2.34. The number of thioether (sulfide) groups is 3. The molecule has 38 heavy (non-hydrogen) atoms. The summed E-state index contributed by atoms with van der Waals surface area (Å²) in [5, 5.41) is 4.17. The Labute approximate surface area is 235 Å². The lowest BCUT2D eigenvalue weighted by atomic mass is 10.0. The maximum absolute atomic E-state index is 12.6. The standard InChI is InChI=1S/C27H31N5O3S3/c1-17-20(21(33)32(5)34-6)28-22(35-17)25(2)14-37-24(30-25)27(4)16-38-23(31-27)26(3)15-36-19(29-26)13-12-18-10-8-7-9-11-18/h7-13H,14-16H2,1-6H3/b13-12+/t25-,26-,27-/m0/s1. The van der Waals surface area contributed by atoms with Gasteiger partial charge < -0.3 is 4.42 Å². The molecule has 4 heterocycles. The molecule has 1 amide bonds. The first-order valence-corrected chi connectivity index (χ1v) is 15.2. The summed E-state index contributed by atoms with van der Waals surface area (Å²) in [6, 6.07) is 10.3. The number of carbonyl (C=O) groups excluding carboxylic acids is 1. The number of oxazole rings is 1. The Bertz CT molecular complexity index is 1370. The van der Waals surface area contributed by atoms with Crippen molar-refractivity contribution in [3.8, 4) is 0 Å². The van der Waals surface area contributed by atoms with Crippen molar-refractivity contribution in [2.45, 2.75) is 44.3 Å². The van der Waals surface area contributed by atoms with Gasteiger partial charge in [-0.2, -0.15) is 0 Å². The molecule has 0 aliphatic carbocycles. The predicted molar refractivity (Wildman–Crippen MR) is 160 cm³/mol. The van der Waals surface area contributed by atoms with Crippen LogP contribution >= 0.6 is 35.3 Å². The lowest BCUT2D eigenvalue weighted by molar-refractivity contribution is -0.0761. The van der Waals surface area contributed by atoms with Crippen LogP contribution in [-0.4, -0.2) is 73.6 Å². The zero-order valence-corrected chi connectivity index (χ0v) is 24.8. The Morgan fingerprint density at radius 1 is 0.947 bits per heavy atom. The van der Waals surface area contributed by atoms with Gasteiger partial charge in [0.05, 0.1) is 22.2 Å². The SMILES string of the molecule is CON(C)C(=O)c1nc([C@]2(C)CSC([C@]3(C)CSC([C@]4(C)CSC(/C=C/c5ccccc5)=N4)=N3)=N2)oc1C. The number of aliphatic imine (C=N–C) groups is 3. The van der Waals surface area contributed by atoms with Crippen LogP contribution in [-0.2, 0) is 10.4 Å². The fourth-order valence-electron chi connectivity index (χ4n) is 4.27. The quantitative estimate of drug-likeness (QED) is 0.407. The van der Waals surface area contributed by atoms with E-state index in [-0.39, 0.29) is 17.1 Å². The van der Waals surface area contributed by atoms with Gasteiger partial charge in [0.1, 0.15) is 22.4 Å². The molecule has 1 aromatic carbocycles. The third kappa shape index (κ3) is 5.13. The van der Waals surface area contributed by atoms with E-state index in [1.807, 2.05) is 25.1 Å². The number of aromatic nitrogens is 1. The monoisotopic (exact) mass is 569 g/mol. The highest BCUT2D eigenvalue weighted by molar-refractivity contribution is 8.17. The first-order chi connectivity index (χ1) is 18.1. The van der Waals surface area contributed by atoms with Crippen molar-refractivity contribution in [3.05, 3.63) is 59.3 Å². The number of carbonyl (C=O) groups is 1. The van der Waals surface area contributed by atoms with E-state index >= 15 is 0 Å². The molecule has 0 unspecified atom stereocenters. The van der Waals surface area contributed by atoms with E-state index in [0.29, 0.717) is 17.4 Å². The number of aryl methyl sites for hydroxylation is 1. The van der Waals surface area contributed by atoms with Gasteiger partial charge in [-0.1, -0.05) is 36.4 Å². The highest BCUT2D eigenvalue weighted by Gasteiger charge is 2.48. The van der Waals surface area contributed by atoms with Crippen molar-refractivity contribution < 1.29 is 14.0 Å². The fraction of sp³-hybridized carbons (Fsp3) is 0.444. The number of hydroxylamine groups is 2. The van der Waals surface area contributed by atoms with Crippen LogP contribution in [0.4, 0.5) is 0 Å². The van der Waals surface area contributed by atoms with Crippen molar-refractivity contribution in [2.75, 3.05) is 31.4 Å². The third-order valence-corrected chi connectivity index (χ3v) is 10.9. The number of hydrogen-bond donors (Lipinski definition) is 0. The summed E-state index contributed by atoms with van der Waals surface area (Å²) in [7, 11) is 2.98. The van der Waals surface area contributed by atoms with Crippen LogP contribution in [0.15, 0.2) is 55.8 Å². The first kappa shape index (κ1) is 27.2.